The average molecular weight is 276 g/mol. The first-order valence-corrected chi connectivity index (χ1v) is 6.50. The van der Waals surface area contributed by atoms with E-state index in [0.29, 0.717) is 0 Å². The summed E-state index contributed by atoms with van der Waals surface area (Å²) in [5, 5.41) is 38.3. The summed E-state index contributed by atoms with van der Waals surface area (Å²) in [7, 11) is 0. The van der Waals surface area contributed by atoms with Gasteiger partial charge in [-0.15, -0.1) is 0 Å². The molecule has 0 aromatic heterocycles. The van der Waals surface area contributed by atoms with Crippen LogP contribution in [0.2, 0.25) is 0 Å². The summed E-state index contributed by atoms with van der Waals surface area (Å²) >= 11 is 0. The van der Waals surface area contributed by atoms with E-state index in [1.54, 1.807) is 20.8 Å². The quantitative estimate of drug-likeness (QED) is 0.555. The van der Waals surface area contributed by atoms with Crippen LogP contribution in [0.4, 0.5) is 0 Å². The highest BCUT2D eigenvalue weighted by molar-refractivity contribution is 5.90. The van der Waals surface area contributed by atoms with E-state index in [1.165, 1.54) is 0 Å². The van der Waals surface area contributed by atoms with Crippen molar-refractivity contribution in [2.45, 2.75) is 64.1 Å². The fourth-order valence-electron chi connectivity index (χ4n) is 2.33. The second-order valence-electron chi connectivity index (χ2n) is 6.27. The normalized spacial score (nSPS) is 34.1. The van der Waals surface area contributed by atoms with Crippen LogP contribution in [0.5, 0.6) is 0 Å². The van der Waals surface area contributed by atoms with Gasteiger partial charge in [-0.1, -0.05) is 20.8 Å². The van der Waals surface area contributed by atoms with Crippen LogP contribution < -0.4 is 0 Å². The van der Waals surface area contributed by atoms with E-state index in [0.717, 1.165) is 0 Å². The number of aliphatic hydroxyl groups excluding tert-OH is 3. The van der Waals surface area contributed by atoms with Crippen LogP contribution >= 0.6 is 0 Å². The van der Waals surface area contributed by atoms with Gasteiger partial charge in [0.05, 0.1) is 24.9 Å². The lowest BCUT2D eigenvalue weighted by molar-refractivity contribution is -0.265. The van der Waals surface area contributed by atoms with Crippen molar-refractivity contribution in [1.82, 2.24) is 0 Å². The predicted molar refractivity (Wildman–Crippen MR) is 67.2 cm³/mol. The molecule has 6 heteroatoms. The van der Waals surface area contributed by atoms with Crippen molar-refractivity contribution in [2.75, 3.05) is 6.61 Å². The number of carbonyl (C=O) groups is 1. The molecule has 0 amide bonds. The van der Waals surface area contributed by atoms with Gasteiger partial charge in [0.1, 0.15) is 0 Å². The zero-order valence-corrected chi connectivity index (χ0v) is 11.7. The monoisotopic (exact) mass is 276 g/mol. The van der Waals surface area contributed by atoms with Gasteiger partial charge in [-0.25, -0.2) is 0 Å². The standard InChI is InChI=1S/C13H24O6/c1-12(2,3)11(17)13(18)6-8(15)4-10(19-13)5-9(16)7-14/h8-10,14-16,18H,4-7H2,1-3H3. The first kappa shape index (κ1) is 16.5. The van der Waals surface area contributed by atoms with Gasteiger partial charge in [0.25, 0.3) is 0 Å². The third kappa shape index (κ3) is 4.22. The number of hydrogen-bond donors (Lipinski definition) is 4. The molecule has 19 heavy (non-hydrogen) atoms. The summed E-state index contributed by atoms with van der Waals surface area (Å²) in [6, 6.07) is 0. The summed E-state index contributed by atoms with van der Waals surface area (Å²) in [6.07, 6.45) is -2.42. The Morgan fingerprint density at radius 1 is 1.47 bits per heavy atom. The smallest absolute Gasteiger partial charge is 0.229 e. The lowest BCUT2D eigenvalue weighted by atomic mass is 9.81. The molecule has 1 rings (SSSR count). The molecular weight excluding hydrogens is 252 g/mol. The minimum absolute atomic E-state index is 0.0628. The van der Waals surface area contributed by atoms with Gasteiger partial charge in [0, 0.05) is 18.3 Å². The summed E-state index contributed by atoms with van der Waals surface area (Å²) in [5.74, 6) is -2.53. The van der Waals surface area contributed by atoms with Gasteiger partial charge < -0.3 is 25.2 Å². The molecule has 4 unspecified atom stereocenters. The van der Waals surface area contributed by atoms with E-state index in [4.69, 9.17) is 9.84 Å². The van der Waals surface area contributed by atoms with Crippen LogP contribution in [-0.2, 0) is 9.53 Å². The second kappa shape index (κ2) is 5.85. The zero-order chi connectivity index (χ0) is 14.8. The molecule has 0 aromatic rings. The molecule has 0 spiro atoms. The zero-order valence-electron chi connectivity index (χ0n) is 11.7. The van der Waals surface area contributed by atoms with Crippen molar-refractivity contribution < 1.29 is 30.0 Å². The van der Waals surface area contributed by atoms with Crippen LogP contribution in [0.25, 0.3) is 0 Å². The number of ketones is 1. The molecule has 112 valence electrons. The highest BCUT2D eigenvalue weighted by Crippen LogP contribution is 2.34. The van der Waals surface area contributed by atoms with Gasteiger partial charge in [-0.3, -0.25) is 4.79 Å². The van der Waals surface area contributed by atoms with Crippen LogP contribution in [0.1, 0.15) is 40.0 Å². The van der Waals surface area contributed by atoms with Crippen molar-refractivity contribution in [3.63, 3.8) is 0 Å². The molecule has 4 N–H and O–H groups in total. The highest BCUT2D eigenvalue weighted by Gasteiger charge is 2.49. The van der Waals surface area contributed by atoms with Crippen molar-refractivity contribution in [2.24, 2.45) is 5.41 Å². The summed E-state index contributed by atoms with van der Waals surface area (Å²) < 4.78 is 5.38. The Morgan fingerprint density at radius 2 is 2.05 bits per heavy atom. The second-order valence-corrected chi connectivity index (χ2v) is 6.27. The molecule has 6 nitrogen and oxygen atoms in total. The van der Waals surface area contributed by atoms with Crippen LogP contribution in [0.3, 0.4) is 0 Å². The van der Waals surface area contributed by atoms with E-state index < -0.39 is 41.9 Å². The summed E-state index contributed by atoms with van der Waals surface area (Å²) in [4.78, 5) is 12.2. The summed E-state index contributed by atoms with van der Waals surface area (Å²) in [6.45, 7) is 4.56. The first-order valence-electron chi connectivity index (χ1n) is 6.50. The minimum atomic E-state index is -2.03. The molecule has 0 radical (unpaired) electrons. The molecule has 0 aromatic carbocycles. The van der Waals surface area contributed by atoms with Crippen LogP contribution in [0, 0.1) is 5.41 Å². The molecule has 1 aliphatic rings. The molecular formula is C13H24O6. The van der Waals surface area contributed by atoms with Crippen molar-refractivity contribution in [3.8, 4) is 0 Å². The maximum atomic E-state index is 12.2. The number of rotatable bonds is 4. The first-order chi connectivity index (χ1) is 8.58. The van der Waals surface area contributed by atoms with Gasteiger partial charge in [0.2, 0.25) is 5.79 Å². The van der Waals surface area contributed by atoms with Crippen molar-refractivity contribution in [1.29, 1.82) is 0 Å². The third-order valence-corrected chi connectivity index (χ3v) is 3.19. The van der Waals surface area contributed by atoms with E-state index in [-0.39, 0.29) is 19.3 Å². The number of aliphatic hydroxyl groups is 4. The van der Waals surface area contributed by atoms with Crippen molar-refractivity contribution >= 4 is 5.78 Å². The summed E-state index contributed by atoms with van der Waals surface area (Å²) in [5.41, 5.74) is -0.800. The SMILES string of the molecule is CC(C)(C)C(=O)C1(O)CC(O)CC(CC(O)CO)O1. The minimum Gasteiger partial charge on any atom is -0.394 e. The van der Waals surface area contributed by atoms with Gasteiger partial charge >= 0.3 is 0 Å². The molecule has 1 aliphatic heterocycles. The van der Waals surface area contributed by atoms with Gasteiger partial charge in [0.15, 0.2) is 5.78 Å². The maximum Gasteiger partial charge on any atom is 0.229 e. The van der Waals surface area contributed by atoms with E-state index in [2.05, 4.69) is 0 Å². The molecule has 1 saturated heterocycles. The molecule has 4 atom stereocenters. The molecule has 0 saturated carbocycles. The Kier molecular flexibility index (Phi) is 5.08. The Balaban J connectivity index is 2.81. The molecule has 0 aliphatic carbocycles. The highest BCUT2D eigenvalue weighted by atomic mass is 16.6. The Hall–Kier alpha value is -0.530. The van der Waals surface area contributed by atoms with Crippen LogP contribution in [-0.4, -0.2) is 56.9 Å². The lowest BCUT2D eigenvalue weighted by Crippen LogP contribution is -2.55. The average Bonchev–Trinajstić information content (AvgIpc) is 2.25. The topological polar surface area (TPSA) is 107 Å². The Labute approximate surface area is 113 Å². The molecule has 1 fully saturated rings. The fraction of sp³-hybridized carbons (Fsp3) is 0.923. The van der Waals surface area contributed by atoms with Crippen LogP contribution in [0.15, 0.2) is 0 Å². The number of hydrogen-bond acceptors (Lipinski definition) is 6. The predicted octanol–water partition coefficient (Wildman–Crippen LogP) is -0.427. The van der Waals surface area contributed by atoms with E-state index >= 15 is 0 Å². The number of ether oxygens (including phenoxy) is 1. The molecule has 0 bridgehead atoms. The van der Waals surface area contributed by atoms with Gasteiger partial charge in [-0.05, 0) is 6.42 Å². The van der Waals surface area contributed by atoms with E-state index in [9.17, 15) is 20.1 Å². The molecule has 1 heterocycles. The van der Waals surface area contributed by atoms with Crippen molar-refractivity contribution in [3.05, 3.63) is 0 Å². The maximum absolute atomic E-state index is 12.2. The van der Waals surface area contributed by atoms with E-state index in [1.807, 2.05) is 0 Å². The Morgan fingerprint density at radius 3 is 2.53 bits per heavy atom. The number of carbonyl (C=O) groups excluding carboxylic acids is 1. The largest absolute Gasteiger partial charge is 0.394 e. The fourth-order valence-corrected chi connectivity index (χ4v) is 2.33. The lowest BCUT2D eigenvalue weighted by Gasteiger charge is -2.41. The third-order valence-electron chi connectivity index (χ3n) is 3.19. The number of Topliss-reactive ketones (excluding diaryl/α,β-unsaturated/α-hetero) is 1. The van der Waals surface area contributed by atoms with Gasteiger partial charge in [-0.2, -0.15) is 0 Å². The Bertz CT molecular complexity index is 324.